The van der Waals surface area contributed by atoms with Gasteiger partial charge in [0.15, 0.2) is 0 Å². The van der Waals surface area contributed by atoms with Crippen molar-refractivity contribution < 1.29 is 4.79 Å². The molecule has 0 aliphatic heterocycles. The number of aromatic nitrogens is 2. The average Bonchev–Trinajstić information content (AvgIpc) is 2.60. The number of rotatable bonds is 3. The van der Waals surface area contributed by atoms with E-state index in [2.05, 4.69) is 24.0 Å². The summed E-state index contributed by atoms with van der Waals surface area (Å²) in [5.41, 5.74) is 2.74. The van der Waals surface area contributed by atoms with Gasteiger partial charge < -0.3 is 0 Å². The number of H-pyrrole nitrogens is 1. The van der Waals surface area contributed by atoms with Gasteiger partial charge in [0.1, 0.15) is 6.29 Å². The molecule has 2 rings (SSSR count). The van der Waals surface area contributed by atoms with Gasteiger partial charge in [0, 0.05) is 16.6 Å². The zero-order valence-corrected chi connectivity index (χ0v) is 8.95. The van der Waals surface area contributed by atoms with Crippen LogP contribution in [0.5, 0.6) is 0 Å². The minimum Gasteiger partial charge on any atom is -0.298 e. The summed E-state index contributed by atoms with van der Waals surface area (Å²) < 4.78 is 0. The Kier molecular flexibility index (Phi) is 2.54. The number of aldehydes is 1. The van der Waals surface area contributed by atoms with Gasteiger partial charge in [0.25, 0.3) is 0 Å². The molecule has 0 fully saturated rings. The van der Waals surface area contributed by atoms with Crippen molar-refractivity contribution in [2.75, 3.05) is 0 Å². The predicted molar refractivity (Wildman–Crippen MR) is 60.0 cm³/mol. The Morgan fingerprint density at radius 2 is 2.27 bits per heavy atom. The highest BCUT2D eigenvalue weighted by Crippen LogP contribution is 2.19. The smallest absolute Gasteiger partial charge is 0.150 e. The molecule has 15 heavy (non-hydrogen) atoms. The molecule has 1 aromatic carbocycles. The van der Waals surface area contributed by atoms with Crippen molar-refractivity contribution in [3.63, 3.8) is 0 Å². The molecule has 0 atom stereocenters. The lowest BCUT2D eigenvalue weighted by molar-refractivity contribution is 0.112. The lowest BCUT2D eigenvalue weighted by Gasteiger charge is -2.01. The molecule has 0 radical (unpaired) electrons. The molecule has 0 saturated carbocycles. The third-order valence-electron chi connectivity index (χ3n) is 2.41. The summed E-state index contributed by atoms with van der Waals surface area (Å²) in [5.74, 6) is 0.577. The van der Waals surface area contributed by atoms with Crippen molar-refractivity contribution in [2.24, 2.45) is 5.92 Å². The van der Waals surface area contributed by atoms with Crippen molar-refractivity contribution >= 4 is 17.2 Å². The Hall–Kier alpha value is -1.64. The molecule has 2 aromatic rings. The molecule has 0 amide bonds. The molecule has 0 aliphatic rings. The quantitative estimate of drug-likeness (QED) is 0.777. The standard InChI is InChI=1S/C12H14N2O/c1-8(2)5-12-10-6-9(7-15)3-4-11(10)13-14-12/h3-4,6-8H,5H2,1-2H3,(H,13,14). The number of nitrogens with zero attached hydrogens (tertiary/aromatic N) is 1. The predicted octanol–water partition coefficient (Wildman–Crippen LogP) is 2.57. The summed E-state index contributed by atoms with van der Waals surface area (Å²) in [6.07, 6.45) is 1.82. The summed E-state index contributed by atoms with van der Waals surface area (Å²) in [7, 11) is 0. The molecule has 0 aliphatic carbocycles. The maximum Gasteiger partial charge on any atom is 0.150 e. The Labute approximate surface area is 88.5 Å². The van der Waals surface area contributed by atoms with E-state index in [4.69, 9.17) is 0 Å². The van der Waals surface area contributed by atoms with E-state index in [0.29, 0.717) is 11.5 Å². The molecule has 0 spiro atoms. The molecule has 1 aromatic heterocycles. The Balaban J connectivity index is 2.51. The molecule has 0 unspecified atom stereocenters. The minimum absolute atomic E-state index is 0.577. The van der Waals surface area contributed by atoms with Gasteiger partial charge in [-0.05, 0) is 30.5 Å². The second-order valence-corrected chi connectivity index (χ2v) is 4.19. The molecule has 1 N–H and O–H groups in total. The normalized spacial score (nSPS) is 11.1. The van der Waals surface area contributed by atoms with Gasteiger partial charge >= 0.3 is 0 Å². The lowest BCUT2D eigenvalue weighted by Crippen LogP contribution is -1.94. The fourth-order valence-corrected chi connectivity index (χ4v) is 1.72. The number of carbonyl (C=O) groups is 1. The average molecular weight is 202 g/mol. The van der Waals surface area contributed by atoms with E-state index < -0.39 is 0 Å². The number of hydrogen-bond acceptors (Lipinski definition) is 2. The molecule has 3 heteroatoms. The zero-order valence-electron chi connectivity index (χ0n) is 8.95. The largest absolute Gasteiger partial charge is 0.298 e. The molecule has 0 saturated heterocycles. The van der Waals surface area contributed by atoms with E-state index in [0.717, 1.165) is 29.3 Å². The highest BCUT2D eigenvalue weighted by molar-refractivity contribution is 5.88. The SMILES string of the molecule is CC(C)Cc1[nH]nc2ccc(C=O)cc12. The second kappa shape index (κ2) is 3.85. The Morgan fingerprint density at radius 1 is 1.47 bits per heavy atom. The fourth-order valence-electron chi connectivity index (χ4n) is 1.72. The summed E-state index contributed by atoms with van der Waals surface area (Å²) >= 11 is 0. The highest BCUT2D eigenvalue weighted by atomic mass is 16.1. The van der Waals surface area contributed by atoms with Gasteiger partial charge in [0.2, 0.25) is 0 Å². The third kappa shape index (κ3) is 1.91. The van der Waals surface area contributed by atoms with Crippen LogP contribution in [0.25, 0.3) is 10.9 Å². The van der Waals surface area contributed by atoms with Crippen molar-refractivity contribution in [3.8, 4) is 0 Å². The second-order valence-electron chi connectivity index (χ2n) is 4.19. The van der Waals surface area contributed by atoms with Crippen LogP contribution in [0, 0.1) is 5.92 Å². The van der Waals surface area contributed by atoms with Crippen LogP contribution >= 0.6 is 0 Å². The topological polar surface area (TPSA) is 45.8 Å². The van der Waals surface area contributed by atoms with Crippen LogP contribution < -0.4 is 0 Å². The minimum atomic E-state index is 0.577. The summed E-state index contributed by atoms with van der Waals surface area (Å²) in [4.78, 5) is 10.7. The van der Waals surface area contributed by atoms with Crippen molar-refractivity contribution in [3.05, 3.63) is 29.5 Å². The van der Waals surface area contributed by atoms with Gasteiger partial charge in [-0.25, -0.2) is 0 Å². The van der Waals surface area contributed by atoms with Crippen LogP contribution in [-0.4, -0.2) is 16.5 Å². The molecule has 1 heterocycles. The van der Waals surface area contributed by atoms with Gasteiger partial charge in [-0.1, -0.05) is 13.8 Å². The van der Waals surface area contributed by atoms with E-state index in [1.807, 2.05) is 12.1 Å². The number of fused-ring (bicyclic) bond motifs is 1. The molecule has 0 bridgehead atoms. The first-order chi connectivity index (χ1) is 7.20. The fraction of sp³-hybridized carbons (Fsp3) is 0.333. The number of carbonyl (C=O) groups excluding carboxylic acids is 1. The van der Waals surface area contributed by atoms with Gasteiger partial charge in [-0.2, -0.15) is 5.10 Å². The third-order valence-corrected chi connectivity index (χ3v) is 2.41. The van der Waals surface area contributed by atoms with Crippen molar-refractivity contribution in [2.45, 2.75) is 20.3 Å². The van der Waals surface area contributed by atoms with Crippen LogP contribution in [-0.2, 0) is 6.42 Å². The first kappa shape index (κ1) is 9.90. The van der Waals surface area contributed by atoms with Gasteiger partial charge in [-0.15, -0.1) is 0 Å². The van der Waals surface area contributed by atoms with Crippen molar-refractivity contribution in [1.29, 1.82) is 0 Å². The maximum absolute atomic E-state index is 10.7. The van der Waals surface area contributed by atoms with E-state index in [9.17, 15) is 4.79 Å². The lowest BCUT2D eigenvalue weighted by atomic mass is 10.0. The number of hydrogen-bond donors (Lipinski definition) is 1. The Morgan fingerprint density at radius 3 is 2.93 bits per heavy atom. The number of benzene rings is 1. The van der Waals surface area contributed by atoms with Crippen molar-refractivity contribution in [1.82, 2.24) is 10.2 Å². The monoisotopic (exact) mass is 202 g/mol. The first-order valence-electron chi connectivity index (χ1n) is 5.13. The van der Waals surface area contributed by atoms with Gasteiger partial charge in [-0.3, -0.25) is 9.89 Å². The van der Waals surface area contributed by atoms with Crippen LogP contribution in [0.2, 0.25) is 0 Å². The van der Waals surface area contributed by atoms with Crippen LogP contribution in [0.1, 0.15) is 29.9 Å². The summed E-state index contributed by atoms with van der Waals surface area (Å²) in [6, 6.07) is 5.55. The van der Waals surface area contributed by atoms with E-state index in [1.54, 1.807) is 6.07 Å². The van der Waals surface area contributed by atoms with Gasteiger partial charge in [0.05, 0.1) is 5.52 Å². The molecular formula is C12H14N2O. The molecule has 3 nitrogen and oxygen atoms in total. The van der Waals surface area contributed by atoms with Crippen LogP contribution in [0.4, 0.5) is 0 Å². The summed E-state index contributed by atoms with van der Waals surface area (Å²) in [6.45, 7) is 4.33. The maximum atomic E-state index is 10.7. The summed E-state index contributed by atoms with van der Waals surface area (Å²) in [5, 5.41) is 8.30. The number of nitrogens with one attached hydrogen (secondary N) is 1. The van der Waals surface area contributed by atoms with E-state index in [-0.39, 0.29) is 0 Å². The van der Waals surface area contributed by atoms with E-state index in [1.165, 1.54) is 0 Å². The Bertz CT molecular complexity index is 485. The van der Waals surface area contributed by atoms with Crippen LogP contribution in [0.15, 0.2) is 18.2 Å². The van der Waals surface area contributed by atoms with E-state index >= 15 is 0 Å². The zero-order chi connectivity index (χ0) is 10.8. The molecular weight excluding hydrogens is 188 g/mol. The first-order valence-corrected chi connectivity index (χ1v) is 5.13. The highest BCUT2D eigenvalue weighted by Gasteiger charge is 2.07. The molecule has 78 valence electrons. The van der Waals surface area contributed by atoms with Crippen LogP contribution in [0.3, 0.4) is 0 Å². The number of aromatic amines is 1.